The minimum atomic E-state index is -0.0690. The fourth-order valence-electron chi connectivity index (χ4n) is 3.46. The van der Waals surface area contributed by atoms with Gasteiger partial charge in [0.05, 0.1) is 19.3 Å². The van der Waals surface area contributed by atoms with Gasteiger partial charge in [-0.15, -0.1) is 0 Å². The van der Waals surface area contributed by atoms with Crippen LogP contribution in [0.2, 0.25) is 0 Å². The quantitative estimate of drug-likeness (QED) is 0.828. The molecule has 2 aliphatic heterocycles. The van der Waals surface area contributed by atoms with Gasteiger partial charge in [-0.2, -0.15) is 0 Å². The van der Waals surface area contributed by atoms with Gasteiger partial charge in [0, 0.05) is 45.5 Å². The fraction of sp³-hybridized carbons (Fsp3) is 0.579. The second kappa shape index (κ2) is 8.45. The lowest BCUT2D eigenvalue weighted by atomic mass is 10.2. The molecule has 1 aromatic rings. The Kier molecular flexibility index (Phi) is 6.04. The molecule has 2 saturated heterocycles. The van der Waals surface area contributed by atoms with Crippen molar-refractivity contribution in [3.05, 3.63) is 30.5 Å². The fourth-order valence-corrected chi connectivity index (χ4v) is 3.46. The van der Waals surface area contributed by atoms with Crippen molar-refractivity contribution in [2.75, 3.05) is 57.4 Å². The predicted molar refractivity (Wildman–Crippen MR) is 99.6 cm³/mol. The Balaban J connectivity index is 1.58. The Hall–Kier alpha value is -1.92. The molecule has 0 radical (unpaired) electrons. The Morgan fingerprint density at radius 3 is 2.68 bits per heavy atom. The van der Waals surface area contributed by atoms with Crippen LogP contribution in [0, 0.1) is 0 Å². The lowest BCUT2D eigenvalue weighted by Crippen LogP contribution is -2.51. The summed E-state index contributed by atoms with van der Waals surface area (Å²) in [5.74, 6) is 1.21. The maximum Gasteiger partial charge on any atom is 0.239 e. The molecule has 0 aliphatic carbocycles. The first-order valence-corrected chi connectivity index (χ1v) is 9.13. The molecule has 1 amide bonds. The van der Waals surface area contributed by atoms with Crippen molar-refractivity contribution in [3.8, 4) is 0 Å². The normalized spacial score (nSPS) is 20.8. The highest BCUT2D eigenvalue weighted by atomic mass is 16.5. The summed E-state index contributed by atoms with van der Waals surface area (Å²) in [5, 5.41) is 0. The van der Waals surface area contributed by atoms with E-state index < -0.39 is 0 Å². The molecule has 6 nitrogen and oxygen atoms in total. The summed E-state index contributed by atoms with van der Waals surface area (Å²) in [4.78, 5) is 23.9. The van der Waals surface area contributed by atoms with Crippen LogP contribution in [0.3, 0.4) is 0 Å². The molecule has 2 aliphatic rings. The van der Waals surface area contributed by atoms with Crippen molar-refractivity contribution in [1.82, 2.24) is 14.8 Å². The number of anilines is 1. The topological polar surface area (TPSA) is 48.9 Å². The molecule has 0 aromatic carbocycles. The summed E-state index contributed by atoms with van der Waals surface area (Å²) >= 11 is 0. The minimum Gasteiger partial charge on any atom is -0.379 e. The van der Waals surface area contributed by atoms with E-state index in [0.29, 0.717) is 0 Å². The van der Waals surface area contributed by atoms with Gasteiger partial charge in [-0.25, -0.2) is 4.98 Å². The molecule has 0 saturated carbocycles. The third-order valence-corrected chi connectivity index (χ3v) is 5.09. The van der Waals surface area contributed by atoms with Gasteiger partial charge in [0.25, 0.3) is 0 Å². The van der Waals surface area contributed by atoms with Crippen molar-refractivity contribution >= 4 is 17.8 Å². The van der Waals surface area contributed by atoms with E-state index in [4.69, 9.17) is 4.74 Å². The molecule has 0 N–H and O–H groups in total. The first kappa shape index (κ1) is 17.9. The molecule has 3 rings (SSSR count). The summed E-state index contributed by atoms with van der Waals surface area (Å²) in [6.45, 7) is 12.2. The molecule has 1 atom stereocenters. The molecular weight excluding hydrogens is 316 g/mol. The SMILES string of the molecule is C=Cc1ccc(N2CCCN(C(=O)C(C)N3CCOCC3)CC2)nc1. The summed E-state index contributed by atoms with van der Waals surface area (Å²) in [7, 11) is 0. The third-order valence-electron chi connectivity index (χ3n) is 5.09. The molecule has 1 aromatic heterocycles. The van der Waals surface area contributed by atoms with Crippen LogP contribution in [0.5, 0.6) is 0 Å². The van der Waals surface area contributed by atoms with Gasteiger partial charge in [-0.05, 0) is 31.0 Å². The molecule has 136 valence electrons. The van der Waals surface area contributed by atoms with E-state index in [1.807, 2.05) is 30.2 Å². The number of carbonyl (C=O) groups excluding carboxylic acids is 1. The van der Waals surface area contributed by atoms with E-state index in [-0.39, 0.29) is 11.9 Å². The van der Waals surface area contributed by atoms with E-state index in [1.54, 1.807) is 6.08 Å². The molecule has 0 spiro atoms. The van der Waals surface area contributed by atoms with Crippen molar-refractivity contribution < 1.29 is 9.53 Å². The lowest BCUT2D eigenvalue weighted by Gasteiger charge is -2.34. The van der Waals surface area contributed by atoms with Crippen LogP contribution < -0.4 is 4.90 Å². The van der Waals surface area contributed by atoms with Gasteiger partial charge < -0.3 is 14.5 Å². The molecule has 2 fully saturated rings. The van der Waals surface area contributed by atoms with E-state index in [2.05, 4.69) is 21.4 Å². The molecule has 1 unspecified atom stereocenters. The zero-order valence-electron chi connectivity index (χ0n) is 15.1. The number of amides is 1. The Morgan fingerprint density at radius 2 is 2.00 bits per heavy atom. The van der Waals surface area contributed by atoms with E-state index >= 15 is 0 Å². The largest absolute Gasteiger partial charge is 0.379 e. The van der Waals surface area contributed by atoms with Crippen LogP contribution in [0.15, 0.2) is 24.9 Å². The highest BCUT2D eigenvalue weighted by Crippen LogP contribution is 2.16. The summed E-state index contributed by atoms with van der Waals surface area (Å²) in [6.07, 6.45) is 4.61. The third kappa shape index (κ3) is 4.38. The van der Waals surface area contributed by atoms with Gasteiger partial charge in [-0.3, -0.25) is 9.69 Å². The summed E-state index contributed by atoms with van der Waals surface area (Å²) < 4.78 is 5.39. The van der Waals surface area contributed by atoms with Crippen LogP contribution in [0.25, 0.3) is 6.08 Å². The van der Waals surface area contributed by atoms with Gasteiger partial charge in [0.1, 0.15) is 5.82 Å². The molecule has 0 bridgehead atoms. The Morgan fingerprint density at radius 1 is 1.20 bits per heavy atom. The highest BCUT2D eigenvalue weighted by Gasteiger charge is 2.28. The average Bonchev–Trinajstić information content (AvgIpc) is 2.94. The van der Waals surface area contributed by atoms with Gasteiger partial charge in [0.2, 0.25) is 5.91 Å². The standard InChI is InChI=1S/C19H28N4O2/c1-3-17-5-6-18(20-15-17)22-7-4-8-23(10-9-22)19(24)16(2)21-11-13-25-14-12-21/h3,5-6,15-16H,1,4,7-14H2,2H3. The molecule has 25 heavy (non-hydrogen) atoms. The maximum absolute atomic E-state index is 12.9. The maximum atomic E-state index is 12.9. The van der Waals surface area contributed by atoms with E-state index in [9.17, 15) is 4.79 Å². The van der Waals surface area contributed by atoms with Crippen molar-refractivity contribution in [3.63, 3.8) is 0 Å². The van der Waals surface area contributed by atoms with Crippen LogP contribution in [-0.2, 0) is 9.53 Å². The number of nitrogens with zero attached hydrogens (tertiary/aromatic N) is 4. The number of carbonyl (C=O) groups is 1. The number of pyridine rings is 1. The number of morpholine rings is 1. The molecule has 3 heterocycles. The van der Waals surface area contributed by atoms with E-state index in [0.717, 1.165) is 70.3 Å². The van der Waals surface area contributed by atoms with Gasteiger partial charge >= 0.3 is 0 Å². The van der Waals surface area contributed by atoms with Gasteiger partial charge in [0.15, 0.2) is 0 Å². The average molecular weight is 344 g/mol. The summed E-state index contributed by atoms with van der Waals surface area (Å²) in [6, 6.07) is 3.99. The minimum absolute atomic E-state index is 0.0690. The first-order chi connectivity index (χ1) is 12.2. The van der Waals surface area contributed by atoms with Crippen molar-refractivity contribution in [2.45, 2.75) is 19.4 Å². The molecular formula is C19H28N4O2. The summed E-state index contributed by atoms with van der Waals surface area (Å²) in [5.41, 5.74) is 1.02. The van der Waals surface area contributed by atoms with Crippen molar-refractivity contribution in [1.29, 1.82) is 0 Å². The van der Waals surface area contributed by atoms with Crippen LogP contribution in [-0.4, -0.2) is 79.2 Å². The second-order valence-corrected chi connectivity index (χ2v) is 6.64. The highest BCUT2D eigenvalue weighted by molar-refractivity contribution is 5.81. The number of ether oxygens (including phenoxy) is 1. The van der Waals surface area contributed by atoms with Gasteiger partial charge in [-0.1, -0.05) is 12.7 Å². The number of rotatable bonds is 4. The number of hydrogen-bond acceptors (Lipinski definition) is 5. The monoisotopic (exact) mass is 344 g/mol. The first-order valence-electron chi connectivity index (χ1n) is 9.13. The van der Waals surface area contributed by atoms with Crippen LogP contribution in [0.1, 0.15) is 18.9 Å². The zero-order chi connectivity index (χ0) is 17.6. The smallest absolute Gasteiger partial charge is 0.239 e. The van der Waals surface area contributed by atoms with Crippen LogP contribution in [0.4, 0.5) is 5.82 Å². The van der Waals surface area contributed by atoms with Crippen LogP contribution >= 0.6 is 0 Å². The molecule has 6 heteroatoms. The predicted octanol–water partition coefficient (Wildman–Crippen LogP) is 1.48. The second-order valence-electron chi connectivity index (χ2n) is 6.64. The zero-order valence-corrected chi connectivity index (χ0v) is 15.1. The van der Waals surface area contributed by atoms with E-state index in [1.165, 1.54) is 0 Å². The van der Waals surface area contributed by atoms with Crippen molar-refractivity contribution in [2.24, 2.45) is 0 Å². The Labute approximate surface area is 150 Å². The number of hydrogen-bond donors (Lipinski definition) is 0. The Bertz CT molecular complexity index is 584. The number of aromatic nitrogens is 1. The lowest BCUT2D eigenvalue weighted by molar-refractivity contribution is -0.137.